The zero-order valence-electron chi connectivity index (χ0n) is 10.3. The summed E-state index contributed by atoms with van der Waals surface area (Å²) in [6.45, 7) is 9.38. The first-order valence-electron chi connectivity index (χ1n) is 6.39. The summed E-state index contributed by atoms with van der Waals surface area (Å²) in [5.74, 6) is 1.77. The number of nitrogens with one attached hydrogen (secondary N) is 1. The molecule has 0 aromatic carbocycles. The van der Waals surface area contributed by atoms with Crippen LogP contribution in [0.5, 0.6) is 0 Å². The fraction of sp³-hybridized carbons (Fsp3) is 1.00. The summed E-state index contributed by atoms with van der Waals surface area (Å²) in [6, 6.07) is 1.50. The van der Waals surface area contributed by atoms with Crippen LogP contribution in [0.3, 0.4) is 0 Å². The molecule has 1 nitrogen and oxygen atoms in total. The van der Waals surface area contributed by atoms with Crippen molar-refractivity contribution in [1.82, 2.24) is 5.32 Å². The van der Waals surface area contributed by atoms with Gasteiger partial charge in [0.15, 0.2) is 0 Å². The Labute approximate surface area is 89.7 Å². The standard InChI is InChI=1S/C13H27N/c1-5-10(2)9-12(4)14-13-8-6-7-11(13)3/h10-14H,5-9H2,1-4H3. The molecule has 0 amide bonds. The second kappa shape index (κ2) is 5.75. The van der Waals surface area contributed by atoms with Gasteiger partial charge in [0.2, 0.25) is 0 Å². The first-order valence-corrected chi connectivity index (χ1v) is 6.39. The van der Waals surface area contributed by atoms with E-state index in [0.717, 1.165) is 17.9 Å². The number of hydrogen-bond acceptors (Lipinski definition) is 1. The van der Waals surface area contributed by atoms with Crippen molar-refractivity contribution in [3.8, 4) is 0 Å². The van der Waals surface area contributed by atoms with E-state index >= 15 is 0 Å². The predicted molar refractivity (Wildman–Crippen MR) is 63.5 cm³/mol. The second-order valence-corrected chi connectivity index (χ2v) is 5.33. The van der Waals surface area contributed by atoms with E-state index in [1.165, 1.54) is 32.1 Å². The van der Waals surface area contributed by atoms with Gasteiger partial charge >= 0.3 is 0 Å². The smallest absolute Gasteiger partial charge is 0.00951 e. The van der Waals surface area contributed by atoms with E-state index in [-0.39, 0.29) is 0 Å². The van der Waals surface area contributed by atoms with Crippen LogP contribution in [0.1, 0.15) is 59.8 Å². The van der Waals surface area contributed by atoms with Gasteiger partial charge < -0.3 is 5.32 Å². The molecule has 1 fully saturated rings. The Kier molecular flexibility index (Phi) is 4.94. The summed E-state index contributed by atoms with van der Waals surface area (Å²) in [4.78, 5) is 0. The molecule has 0 radical (unpaired) electrons. The number of rotatable bonds is 5. The van der Waals surface area contributed by atoms with Crippen LogP contribution in [0.25, 0.3) is 0 Å². The van der Waals surface area contributed by atoms with Crippen LogP contribution in [0.2, 0.25) is 0 Å². The monoisotopic (exact) mass is 197 g/mol. The van der Waals surface area contributed by atoms with Crippen LogP contribution in [0.15, 0.2) is 0 Å². The molecule has 4 unspecified atom stereocenters. The highest BCUT2D eigenvalue weighted by atomic mass is 15.0. The molecule has 14 heavy (non-hydrogen) atoms. The van der Waals surface area contributed by atoms with Crippen LogP contribution < -0.4 is 5.32 Å². The Morgan fingerprint density at radius 2 is 2.00 bits per heavy atom. The van der Waals surface area contributed by atoms with Gasteiger partial charge in [0.1, 0.15) is 0 Å². The van der Waals surface area contributed by atoms with E-state index in [1.54, 1.807) is 0 Å². The van der Waals surface area contributed by atoms with Gasteiger partial charge in [-0.15, -0.1) is 0 Å². The zero-order chi connectivity index (χ0) is 10.6. The molecule has 1 heteroatoms. The van der Waals surface area contributed by atoms with Gasteiger partial charge in [-0.2, -0.15) is 0 Å². The maximum atomic E-state index is 3.79. The van der Waals surface area contributed by atoms with Crippen LogP contribution in [-0.4, -0.2) is 12.1 Å². The topological polar surface area (TPSA) is 12.0 Å². The molecule has 1 rings (SSSR count). The minimum atomic E-state index is 0.704. The van der Waals surface area contributed by atoms with Crippen molar-refractivity contribution in [2.75, 3.05) is 0 Å². The molecule has 4 atom stereocenters. The average molecular weight is 197 g/mol. The normalized spacial score (nSPS) is 31.7. The molecule has 0 bridgehead atoms. The second-order valence-electron chi connectivity index (χ2n) is 5.33. The molecule has 1 saturated carbocycles. The SMILES string of the molecule is CCC(C)CC(C)NC1CCCC1C. The lowest BCUT2D eigenvalue weighted by atomic mass is 9.98. The number of hydrogen-bond donors (Lipinski definition) is 1. The highest BCUT2D eigenvalue weighted by molar-refractivity contribution is 4.82. The van der Waals surface area contributed by atoms with Crippen LogP contribution in [-0.2, 0) is 0 Å². The van der Waals surface area contributed by atoms with Crippen molar-refractivity contribution in [3.05, 3.63) is 0 Å². The molecule has 1 N–H and O–H groups in total. The fourth-order valence-electron chi connectivity index (χ4n) is 2.60. The van der Waals surface area contributed by atoms with Crippen LogP contribution in [0.4, 0.5) is 0 Å². The van der Waals surface area contributed by atoms with Crippen molar-refractivity contribution in [2.24, 2.45) is 11.8 Å². The summed E-state index contributed by atoms with van der Waals surface area (Å²) in [5.41, 5.74) is 0. The lowest BCUT2D eigenvalue weighted by molar-refractivity contribution is 0.339. The Hall–Kier alpha value is -0.0400. The Bertz CT molecular complexity index is 155. The molecule has 0 heterocycles. The van der Waals surface area contributed by atoms with Gasteiger partial charge in [-0.05, 0) is 38.0 Å². The first-order chi connectivity index (χ1) is 6.63. The highest BCUT2D eigenvalue weighted by Gasteiger charge is 2.24. The summed E-state index contributed by atoms with van der Waals surface area (Å²) in [5, 5.41) is 3.79. The molecule has 0 saturated heterocycles. The summed E-state index contributed by atoms with van der Waals surface area (Å²) < 4.78 is 0. The molecular formula is C13H27N. The van der Waals surface area contributed by atoms with Crippen molar-refractivity contribution < 1.29 is 0 Å². The molecule has 0 aromatic rings. The highest BCUT2D eigenvalue weighted by Crippen LogP contribution is 2.25. The van der Waals surface area contributed by atoms with Gasteiger partial charge in [-0.25, -0.2) is 0 Å². The maximum absolute atomic E-state index is 3.79. The third kappa shape index (κ3) is 3.61. The first kappa shape index (κ1) is 12.0. The van der Waals surface area contributed by atoms with Crippen molar-refractivity contribution in [2.45, 2.75) is 71.9 Å². The average Bonchev–Trinajstić information content (AvgIpc) is 2.51. The van der Waals surface area contributed by atoms with Gasteiger partial charge in [-0.3, -0.25) is 0 Å². The van der Waals surface area contributed by atoms with Gasteiger partial charge in [-0.1, -0.05) is 33.6 Å². The van der Waals surface area contributed by atoms with Gasteiger partial charge in [0.05, 0.1) is 0 Å². The molecule has 0 spiro atoms. The summed E-state index contributed by atoms with van der Waals surface area (Å²) >= 11 is 0. The van der Waals surface area contributed by atoms with E-state index in [4.69, 9.17) is 0 Å². The van der Waals surface area contributed by atoms with Gasteiger partial charge in [0.25, 0.3) is 0 Å². The maximum Gasteiger partial charge on any atom is 0.00951 e. The van der Waals surface area contributed by atoms with E-state index in [0.29, 0.717) is 6.04 Å². The molecule has 0 aromatic heterocycles. The van der Waals surface area contributed by atoms with Crippen LogP contribution in [0, 0.1) is 11.8 Å². The molecular weight excluding hydrogens is 170 g/mol. The van der Waals surface area contributed by atoms with Gasteiger partial charge in [0, 0.05) is 12.1 Å². The van der Waals surface area contributed by atoms with E-state index in [2.05, 4.69) is 33.0 Å². The lowest BCUT2D eigenvalue weighted by Gasteiger charge is -2.24. The fourth-order valence-corrected chi connectivity index (χ4v) is 2.60. The Balaban J connectivity index is 2.22. The minimum absolute atomic E-state index is 0.704. The quantitative estimate of drug-likeness (QED) is 0.710. The zero-order valence-corrected chi connectivity index (χ0v) is 10.3. The van der Waals surface area contributed by atoms with Crippen molar-refractivity contribution in [3.63, 3.8) is 0 Å². The van der Waals surface area contributed by atoms with Crippen LogP contribution >= 0.6 is 0 Å². The summed E-state index contributed by atoms with van der Waals surface area (Å²) in [6.07, 6.45) is 6.89. The minimum Gasteiger partial charge on any atom is -0.311 e. The van der Waals surface area contributed by atoms with E-state index in [1.807, 2.05) is 0 Å². The molecule has 1 aliphatic rings. The van der Waals surface area contributed by atoms with E-state index < -0.39 is 0 Å². The van der Waals surface area contributed by atoms with E-state index in [9.17, 15) is 0 Å². The Morgan fingerprint density at radius 3 is 2.50 bits per heavy atom. The van der Waals surface area contributed by atoms with Crippen molar-refractivity contribution in [1.29, 1.82) is 0 Å². The van der Waals surface area contributed by atoms with Crippen molar-refractivity contribution >= 4 is 0 Å². The summed E-state index contributed by atoms with van der Waals surface area (Å²) in [7, 11) is 0. The Morgan fingerprint density at radius 1 is 1.29 bits per heavy atom. The third-order valence-corrected chi connectivity index (χ3v) is 3.81. The molecule has 84 valence electrons. The third-order valence-electron chi connectivity index (χ3n) is 3.81. The predicted octanol–water partition coefficient (Wildman–Crippen LogP) is 3.59. The largest absolute Gasteiger partial charge is 0.311 e. The molecule has 1 aliphatic carbocycles. The molecule has 0 aliphatic heterocycles. The lowest BCUT2D eigenvalue weighted by Crippen LogP contribution is -2.38.